The number of nitrogens with one attached hydrogen (secondary N) is 2. The van der Waals surface area contributed by atoms with E-state index in [4.69, 9.17) is 0 Å². The molecule has 2 N–H and O–H groups in total. The highest BCUT2D eigenvalue weighted by Gasteiger charge is 2.20. The second-order valence-corrected chi connectivity index (χ2v) is 10.7. The Kier molecular flexibility index (Phi) is 8.19. The first kappa shape index (κ1) is 27.0. The fourth-order valence-corrected chi connectivity index (χ4v) is 5.51. The highest BCUT2D eigenvalue weighted by Crippen LogP contribution is 2.24. The monoisotopic (exact) mass is 533 g/mol. The number of hydrogen-bond donors (Lipinski definition) is 2. The summed E-state index contributed by atoms with van der Waals surface area (Å²) in [7, 11) is -2.22. The maximum atomic E-state index is 13.6. The number of rotatable bonds is 9. The molecule has 0 saturated heterocycles. The van der Waals surface area contributed by atoms with Crippen LogP contribution in [-0.4, -0.2) is 32.0 Å². The van der Waals surface area contributed by atoms with E-state index < -0.39 is 27.3 Å². The van der Waals surface area contributed by atoms with Crippen molar-refractivity contribution in [3.8, 4) is 11.3 Å². The van der Waals surface area contributed by atoms with Crippen LogP contribution in [-0.2, 0) is 21.2 Å². The largest absolute Gasteiger partial charge is 0.320 e. The molecule has 38 heavy (non-hydrogen) atoms. The van der Waals surface area contributed by atoms with Crippen molar-refractivity contribution in [1.82, 2.24) is 9.88 Å². The number of anilines is 1. The molecule has 0 aliphatic rings. The summed E-state index contributed by atoms with van der Waals surface area (Å²) < 4.78 is 41.2. The summed E-state index contributed by atoms with van der Waals surface area (Å²) in [6.07, 6.45) is 0.550. The molecule has 1 amide bonds. The average Bonchev–Trinajstić information content (AvgIpc) is 2.92. The lowest BCUT2D eigenvalue weighted by atomic mass is 10.1. The molecule has 0 unspecified atom stereocenters. The Bertz CT molecular complexity index is 1600. The molecule has 7 nitrogen and oxygen atoms in total. The van der Waals surface area contributed by atoms with Gasteiger partial charge in [-0.25, -0.2) is 12.8 Å². The average molecular weight is 534 g/mol. The summed E-state index contributed by atoms with van der Waals surface area (Å²) >= 11 is 0. The predicted molar refractivity (Wildman–Crippen MR) is 145 cm³/mol. The first-order chi connectivity index (χ1) is 18.2. The third-order valence-corrected chi connectivity index (χ3v) is 8.02. The van der Waals surface area contributed by atoms with Gasteiger partial charge >= 0.3 is 0 Å². The van der Waals surface area contributed by atoms with Gasteiger partial charge in [-0.2, -0.15) is 0 Å². The number of aromatic nitrogens is 1. The van der Waals surface area contributed by atoms with Crippen molar-refractivity contribution < 1.29 is 17.6 Å². The van der Waals surface area contributed by atoms with Gasteiger partial charge in [0.2, 0.25) is 15.7 Å². The Morgan fingerprint density at radius 3 is 2.29 bits per heavy atom. The van der Waals surface area contributed by atoms with E-state index in [1.165, 1.54) is 28.8 Å². The van der Waals surface area contributed by atoms with Gasteiger partial charge < -0.3 is 15.2 Å². The van der Waals surface area contributed by atoms with Crippen molar-refractivity contribution >= 4 is 21.4 Å². The lowest BCUT2D eigenvalue weighted by Gasteiger charge is -2.18. The van der Waals surface area contributed by atoms with Crippen LogP contribution < -0.4 is 16.2 Å². The molecule has 4 rings (SSSR count). The van der Waals surface area contributed by atoms with Crippen molar-refractivity contribution in [3.05, 3.63) is 113 Å². The molecular formula is C29H28FN3O4S. The van der Waals surface area contributed by atoms with E-state index in [1.807, 2.05) is 37.3 Å². The first-order valence-corrected chi connectivity index (χ1v) is 13.6. The zero-order valence-electron chi connectivity index (χ0n) is 21.0. The number of carbonyl (C=O) groups excluding carboxylic acids is 1. The van der Waals surface area contributed by atoms with Crippen molar-refractivity contribution in [1.29, 1.82) is 0 Å². The van der Waals surface area contributed by atoms with E-state index in [9.17, 15) is 22.4 Å². The second-order valence-electron chi connectivity index (χ2n) is 8.73. The lowest BCUT2D eigenvalue weighted by molar-refractivity contribution is -0.118. The molecule has 3 aromatic carbocycles. The van der Waals surface area contributed by atoms with Crippen LogP contribution in [0.1, 0.15) is 18.9 Å². The Hall–Kier alpha value is -4.08. The minimum Gasteiger partial charge on any atom is -0.320 e. The molecule has 1 heterocycles. The summed E-state index contributed by atoms with van der Waals surface area (Å²) in [5, 5.41) is 5.64. The Morgan fingerprint density at radius 2 is 1.63 bits per heavy atom. The maximum Gasteiger partial charge on any atom is 0.275 e. The zero-order valence-corrected chi connectivity index (χ0v) is 21.8. The third kappa shape index (κ3) is 5.74. The number of amides is 1. The number of carbonyl (C=O) groups is 1. The molecule has 9 heteroatoms. The molecule has 0 aliphatic heterocycles. The molecule has 0 aliphatic carbocycles. The van der Waals surface area contributed by atoms with E-state index in [0.717, 1.165) is 17.7 Å². The van der Waals surface area contributed by atoms with Crippen LogP contribution in [0.4, 0.5) is 10.1 Å². The van der Waals surface area contributed by atoms with Crippen molar-refractivity contribution in [3.63, 3.8) is 0 Å². The van der Waals surface area contributed by atoms with Gasteiger partial charge in [-0.3, -0.25) is 9.59 Å². The van der Waals surface area contributed by atoms with Gasteiger partial charge in [0.05, 0.1) is 28.1 Å². The van der Waals surface area contributed by atoms with Gasteiger partial charge in [-0.15, -0.1) is 0 Å². The standard InChI is InChI=1S/C29H28FN3O4S/c1-3-25(31-2)28(34)32-26-16-17-27(21-9-5-4-6-10-21)33(29(26)35)19-20-8-7-11-24(18-20)38(36,37)23-14-12-22(30)13-15-23/h4-18,25,31H,3,19H2,1-2H3,(H,32,34)/t25-/m0/s1. The molecule has 196 valence electrons. The van der Waals surface area contributed by atoms with Gasteiger partial charge in [0, 0.05) is 0 Å². The molecular weight excluding hydrogens is 505 g/mol. The number of pyridine rings is 1. The number of halogens is 1. The maximum absolute atomic E-state index is 13.6. The summed E-state index contributed by atoms with van der Waals surface area (Å²) in [6.45, 7) is 1.92. The molecule has 0 bridgehead atoms. The molecule has 0 spiro atoms. The Balaban J connectivity index is 1.76. The number of sulfone groups is 1. The normalized spacial score (nSPS) is 12.2. The fourth-order valence-electron chi connectivity index (χ4n) is 4.18. The summed E-state index contributed by atoms with van der Waals surface area (Å²) in [6, 6.07) is 23.1. The van der Waals surface area contributed by atoms with E-state index in [0.29, 0.717) is 17.7 Å². The highest BCUT2D eigenvalue weighted by molar-refractivity contribution is 7.91. The van der Waals surface area contributed by atoms with E-state index in [1.54, 1.807) is 31.3 Å². The van der Waals surface area contributed by atoms with Crippen LogP contribution in [0.2, 0.25) is 0 Å². The summed E-state index contributed by atoms with van der Waals surface area (Å²) in [5.74, 6) is -0.851. The van der Waals surface area contributed by atoms with Crippen LogP contribution >= 0.6 is 0 Å². The fraction of sp³-hybridized carbons (Fsp3) is 0.172. The molecule has 0 radical (unpaired) electrons. The molecule has 0 saturated carbocycles. The van der Waals surface area contributed by atoms with Gasteiger partial charge in [0.1, 0.15) is 11.5 Å². The quantitative estimate of drug-likeness (QED) is 0.310. The van der Waals surface area contributed by atoms with E-state index in [-0.39, 0.29) is 27.9 Å². The smallest absolute Gasteiger partial charge is 0.275 e. The van der Waals surface area contributed by atoms with Crippen molar-refractivity contribution in [2.24, 2.45) is 0 Å². The Morgan fingerprint density at radius 1 is 0.921 bits per heavy atom. The van der Waals surface area contributed by atoms with Gasteiger partial charge in [-0.1, -0.05) is 49.4 Å². The Labute approximate surface area is 220 Å². The van der Waals surface area contributed by atoms with Crippen LogP contribution in [0.3, 0.4) is 0 Å². The highest BCUT2D eigenvalue weighted by atomic mass is 32.2. The number of benzene rings is 3. The van der Waals surface area contributed by atoms with Crippen LogP contribution in [0.5, 0.6) is 0 Å². The van der Waals surface area contributed by atoms with Crippen LogP contribution in [0.25, 0.3) is 11.3 Å². The van der Waals surface area contributed by atoms with E-state index in [2.05, 4.69) is 10.6 Å². The summed E-state index contributed by atoms with van der Waals surface area (Å²) in [5.41, 5.74) is 1.67. The predicted octanol–water partition coefficient (Wildman–Crippen LogP) is 4.47. The van der Waals surface area contributed by atoms with Crippen LogP contribution in [0.15, 0.2) is 106 Å². The molecule has 1 atom stereocenters. The number of hydrogen-bond acceptors (Lipinski definition) is 5. The first-order valence-electron chi connectivity index (χ1n) is 12.1. The number of likely N-dealkylation sites (N-methyl/N-ethyl adjacent to an activating group) is 1. The minimum absolute atomic E-state index is 0.0279. The zero-order chi connectivity index (χ0) is 27.3. The van der Waals surface area contributed by atoms with Crippen molar-refractivity contribution in [2.75, 3.05) is 12.4 Å². The van der Waals surface area contributed by atoms with Gasteiger partial charge in [-0.05, 0) is 73.1 Å². The summed E-state index contributed by atoms with van der Waals surface area (Å²) in [4.78, 5) is 26.3. The van der Waals surface area contributed by atoms with Crippen LogP contribution in [0, 0.1) is 5.82 Å². The van der Waals surface area contributed by atoms with Gasteiger partial charge in [0.25, 0.3) is 5.56 Å². The number of nitrogens with zero attached hydrogens (tertiary/aromatic N) is 1. The molecule has 4 aromatic rings. The van der Waals surface area contributed by atoms with Gasteiger partial charge in [0.15, 0.2) is 0 Å². The second kappa shape index (κ2) is 11.5. The molecule has 0 fully saturated rings. The van der Waals surface area contributed by atoms with Crippen molar-refractivity contribution in [2.45, 2.75) is 35.7 Å². The lowest BCUT2D eigenvalue weighted by Crippen LogP contribution is -2.39. The third-order valence-electron chi connectivity index (χ3n) is 6.25. The molecule has 1 aromatic heterocycles. The SMILES string of the molecule is CC[C@H](NC)C(=O)Nc1ccc(-c2ccccc2)n(Cc2cccc(S(=O)(=O)c3ccc(F)cc3)c2)c1=O. The topological polar surface area (TPSA) is 97.3 Å². The van der Waals surface area contributed by atoms with E-state index >= 15 is 0 Å². The minimum atomic E-state index is -3.90.